The lowest BCUT2D eigenvalue weighted by Crippen LogP contribution is -2.25. The Hall–Kier alpha value is -1.14. The summed E-state index contributed by atoms with van der Waals surface area (Å²) in [5.74, 6) is -1.05. The first-order chi connectivity index (χ1) is 7.24. The lowest BCUT2D eigenvalue weighted by atomic mass is 10.3. The van der Waals surface area contributed by atoms with Crippen LogP contribution in [0.1, 0.15) is 6.42 Å². The SMILES string of the molecule is COCCOCC(=O)OC1CCOC1=O. The average Bonchev–Trinajstić information content (AvgIpc) is 2.59. The molecular weight excluding hydrogens is 204 g/mol. The van der Waals surface area contributed by atoms with Crippen LogP contribution in [0.25, 0.3) is 0 Å². The van der Waals surface area contributed by atoms with E-state index in [1.807, 2.05) is 0 Å². The minimum absolute atomic E-state index is 0.173. The number of carbonyl (C=O) groups excluding carboxylic acids is 2. The summed E-state index contributed by atoms with van der Waals surface area (Å²) in [6.45, 7) is 0.869. The molecule has 1 aliphatic heterocycles. The third-order valence-corrected chi connectivity index (χ3v) is 1.81. The molecule has 6 nitrogen and oxygen atoms in total. The van der Waals surface area contributed by atoms with Gasteiger partial charge in [-0.05, 0) is 0 Å². The van der Waals surface area contributed by atoms with Gasteiger partial charge in [0.1, 0.15) is 6.61 Å². The molecule has 1 heterocycles. The van der Waals surface area contributed by atoms with Gasteiger partial charge in [0.25, 0.3) is 0 Å². The summed E-state index contributed by atoms with van der Waals surface area (Å²) >= 11 is 0. The van der Waals surface area contributed by atoms with Crippen molar-refractivity contribution in [2.45, 2.75) is 12.5 Å². The van der Waals surface area contributed by atoms with E-state index in [9.17, 15) is 9.59 Å². The topological polar surface area (TPSA) is 71.1 Å². The number of hydrogen-bond acceptors (Lipinski definition) is 6. The Labute approximate surface area is 87.4 Å². The normalized spacial score (nSPS) is 20.1. The summed E-state index contributed by atoms with van der Waals surface area (Å²) in [5.41, 5.74) is 0. The number of cyclic esters (lactones) is 1. The molecule has 1 aliphatic rings. The fraction of sp³-hybridized carbons (Fsp3) is 0.778. The van der Waals surface area contributed by atoms with Crippen LogP contribution in [0.15, 0.2) is 0 Å². The molecule has 1 atom stereocenters. The molecule has 0 aromatic rings. The zero-order valence-corrected chi connectivity index (χ0v) is 8.56. The van der Waals surface area contributed by atoms with Gasteiger partial charge in [-0.3, -0.25) is 0 Å². The second-order valence-corrected chi connectivity index (χ2v) is 2.98. The molecular formula is C9H14O6. The van der Waals surface area contributed by atoms with Gasteiger partial charge in [-0.2, -0.15) is 0 Å². The van der Waals surface area contributed by atoms with Gasteiger partial charge in [0.15, 0.2) is 0 Å². The van der Waals surface area contributed by atoms with E-state index < -0.39 is 18.0 Å². The zero-order valence-electron chi connectivity index (χ0n) is 8.56. The van der Waals surface area contributed by atoms with Gasteiger partial charge in [-0.1, -0.05) is 0 Å². The summed E-state index contributed by atoms with van der Waals surface area (Å²) in [5, 5.41) is 0. The van der Waals surface area contributed by atoms with Crippen molar-refractivity contribution >= 4 is 11.9 Å². The molecule has 0 saturated carbocycles. The van der Waals surface area contributed by atoms with Crippen molar-refractivity contribution in [1.29, 1.82) is 0 Å². The fourth-order valence-corrected chi connectivity index (χ4v) is 1.07. The molecule has 6 heteroatoms. The molecule has 0 N–H and O–H groups in total. The minimum Gasteiger partial charge on any atom is -0.463 e. The molecule has 1 fully saturated rings. The zero-order chi connectivity index (χ0) is 11.1. The van der Waals surface area contributed by atoms with Gasteiger partial charge in [-0.15, -0.1) is 0 Å². The van der Waals surface area contributed by atoms with Crippen LogP contribution in [0.3, 0.4) is 0 Å². The molecule has 0 aliphatic carbocycles. The van der Waals surface area contributed by atoms with Crippen LogP contribution in [0, 0.1) is 0 Å². The highest BCUT2D eigenvalue weighted by Crippen LogP contribution is 2.10. The molecule has 0 amide bonds. The van der Waals surface area contributed by atoms with Crippen molar-refractivity contribution in [3.05, 3.63) is 0 Å². The maximum absolute atomic E-state index is 11.1. The van der Waals surface area contributed by atoms with E-state index in [-0.39, 0.29) is 6.61 Å². The van der Waals surface area contributed by atoms with Gasteiger partial charge in [0.05, 0.1) is 19.8 Å². The molecule has 0 spiro atoms. The van der Waals surface area contributed by atoms with Crippen LogP contribution in [-0.4, -0.2) is 51.6 Å². The highest BCUT2D eigenvalue weighted by Gasteiger charge is 2.29. The molecule has 0 aromatic heterocycles. The quantitative estimate of drug-likeness (QED) is 0.442. The van der Waals surface area contributed by atoms with Gasteiger partial charge in [0, 0.05) is 13.5 Å². The Morgan fingerprint density at radius 2 is 2.33 bits per heavy atom. The van der Waals surface area contributed by atoms with E-state index in [1.165, 1.54) is 7.11 Å². The molecule has 0 radical (unpaired) electrons. The van der Waals surface area contributed by atoms with Crippen LogP contribution < -0.4 is 0 Å². The molecule has 0 aromatic carbocycles. The second-order valence-electron chi connectivity index (χ2n) is 2.98. The third kappa shape index (κ3) is 4.26. The van der Waals surface area contributed by atoms with E-state index in [0.29, 0.717) is 26.2 Å². The van der Waals surface area contributed by atoms with Gasteiger partial charge >= 0.3 is 11.9 Å². The standard InChI is InChI=1S/C9H14O6/c1-12-4-5-13-6-8(10)15-7-2-3-14-9(7)11/h7H,2-6H2,1H3. The monoisotopic (exact) mass is 218 g/mol. The van der Waals surface area contributed by atoms with Gasteiger partial charge < -0.3 is 18.9 Å². The summed E-state index contributed by atoms with van der Waals surface area (Å²) in [6.07, 6.45) is -0.341. The number of rotatable bonds is 6. The summed E-state index contributed by atoms with van der Waals surface area (Å²) in [7, 11) is 1.54. The number of carbonyl (C=O) groups is 2. The second kappa shape index (κ2) is 6.36. The first-order valence-corrected chi connectivity index (χ1v) is 4.67. The van der Waals surface area contributed by atoms with Crippen LogP contribution >= 0.6 is 0 Å². The molecule has 15 heavy (non-hydrogen) atoms. The average molecular weight is 218 g/mol. The van der Waals surface area contributed by atoms with Crippen molar-refractivity contribution in [3.8, 4) is 0 Å². The van der Waals surface area contributed by atoms with E-state index >= 15 is 0 Å². The van der Waals surface area contributed by atoms with Crippen molar-refractivity contribution < 1.29 is 28.5 Å². The maximum Gasteiger partial charge on any atom is 0.347 e. The molecule has 1 rings (SSSR count). The Kier molecular flexibility index (Phi) is 5.06. The Balaban J connectivity index is 2.10. The Morgan fingerprint density at radius 1 is 1.53 bits per heavy atom. The minimum atomic E-state index is -0.761. The molecule has 86 valence electrons. The van der Waals surface area contributed by atoms with Crippen molar-refractivity contribution in [2.24, 2.45) is 0 Å². The van der Waals surface area contributed by atoms with E-state index in [0.717, 1.165) is 0 Å². The van der Waals surface area contributed by atoms with Crippen LogP contribution in [0.4, 0.5) is 0 Å². The summed E-state index contributed by atoms with van der Waals surface area (Å²) < 4.78 is 19.1. The van der Waals surface area contributed by atoms with Crippen molar-refractivity contribution in [2.75, 3.05) is 33.5 Å². The van der Waals surface area contributed by atoms with Crippen molar-refractivity contribution in [3.63, 3.8) is 0 Å². The van der Waals surface area contributed by atoms with Crippen LogP contribution in [-0.2, 0) is 28.5 Å². The first kappa shape index (κ1) is 11.9. The Bertz CT molecular complexity index is 227. The van der Waals surface area contributed by atoms with Gasteiger partial charge in [-0.25, -0.2) is 9.59 Å². The molecule has 1 saturated heterocycles. The van der Waals surface area contributed by atoms with Crippen molar-refractivity contribution in [1.82, 2.24) is 0 Å². The highest BCUT2D eigenvalue weighted by molar-refractivity contribution is 5.80. The number of hydrogen-bond donors (Lipinski definition) is 0. The third-order valence-electron chi connectivity index (χ3n) is 1.81. The van der Waals surface area contributed by atoms with E-state index in [4.69, 9.17) is 14.2 Å². The Morgan fingerprint density at radius 3 is 2.93 bits per heavy atom. The number of esters is 2. The lowest BCUT2D eigenvalue weighted by Gasteiger charge is -2.08. The smallest absolute Gasteiger partial charge is 0.347 e. The first-order valence-electron chi connectivity index (χ1n) is 4.67. The van der Waals surface area contributed by atoms with E-state index in [1.54, 1.807) is 0 Å². The van der Waals surface area contributed by atoms with Crippen LogP contribution in [0.5, 0.6) is 0 Å². The lowest BCUT2D eigenvalue weighted by molar-refractivity contribution is -0.163. The predicted molar refractivity (Wildman–Crippen MR) is 48.2 cm³/mol. The van der Waals surface area contributed by atoms with E-state index in [2.05, 4.69) is 4.74 Å². The number of methoxy groups -OCH3 is 1. The highest BCUT2D eigenvalue weighted by atomic mass is 16.6. The maximum atomic E-state index is 11.1. The predicted octanol–water partition coefficient (Wildman–Crippen LogP) is -0.492. The summed E-state index contributed by atoms with van der Waals surface area (Å²) in [6, 6.07) is 0. The largest absolute Gasteiger partial charge is 0.463 e. The summed E-state index contributed by atoms with van der Waals surface area (Å²) in [4.78, 5) is 22.0. The number of ether oxygens (including phenoxy) is 4. The molecule has 1 unspecified atom stereocenters. The fourth-order valence-electron chi connectivity index (χ4n) is 1.07. The van der Waals surface area contributed by atoms with Gasteiger partial charge in [0.2, 0.25) is 6.10 Å². The molecule has 0 bridgehead atoms. The van der Waals surface area contributed by atoms with Crippen LogP contribution in [0.2, 0.25) is 0 Å².